The molecule has 0 saturated carbocycles. The second kappa shape index (κ2) is 9.07. The quantitative estimate of drug-likeness (QED) is 0.637. The van der Waals surface area contributed by atoms with Crippen molar-refractivity contribution in [3.63, 3.8) is 0 Å². The summed E-state index contributed by atoms with van der Waals surface area (Å²) in [5.74, 6) is 0.352. The number of H-pyrrole nitrogens is 1. The van der Waals surface area contributed by atoms with Crippen LogP contribution in [0.2, 0.25) is 0 Å². The molecule has 1 fully saturated rings. The van der Waals surface area contributed by atoms with Crippen molar-refractivity contribution in [1.29, 1.82) is 0 Å². The van der Waals surface area contributed by atoms with E-state index in [0.717, 1.165) is 18.5 Å². The maximum Gasteiger partial charge on any atom is 0.223 e. The number of para-hydroxylation sites is 1. The van der Waals surface area contributed by atoms with Gasteiger partial charge < -0.3 is 9.88 Å². The summed E-state index contributed by atoms with van der Waals surface area (Å²) in [7, 11) is 0. The number of benzene rings is 1. The molecular formula is C22H32N2O. The van der Waals surface area contributed by atoms with Crippen LogP contribution in [0.5, 0.6) is 0 Å². The standard InChI is InChI=1S/C22H32N2O/c1-2-3-4-5-10-19-11-8-9-16-24(19)22(25)15-14-18-17-23-21-13-7-6-12-20(18)21/h6-7,12-13,17,19,23H,2-5,8-11,14-16H2,1H3. The number of aryl methyl sites for hydroxylation is 1. The van der Waals surface area contributed by atoms with Crippen molar-refractivity contribution in [3.8, 4) is 0 Å². The predicted molar refractivity (Wildman–Crippen MR) is 105 cm³/mol. The Balaban J connectivity index is 1.55. The number of piperidine rings is 1. The van der Waals surface area contributed by atoms with Gasteiger partial charge in [0.05, 0.1) is 0 Å². The van der Waals surface area contributed by atoms with Crippen LogP contribution in [0.15, 0.2) is 30.5 Å². The molecule has 3 rings (SSSR count). The SMILES string of the molecule is CCCCCCC1CCCCN1C(=O)CCc1c[nH]c2ccccc12. The second-order valence-corrected chi connectivity index (χ2v) is 7.45. The summed E-state index contributed by atoms with van der Waals surface area (Å²) in [6.45, 7) is 3.21. The Morgan fingerprint density at radius 2 is 2.08 bits per heavy atom. The minimum Gasteiger partial charge on any atom is -0.361 e. The van der Waals surface area contributed by atoms with E-state index in [2.05, 4.69) is 41.2 Å². The van der Waals surface area contributed by atoms with Crippen LogP contribution in [0.4, 0.5) is 0 Å². The molecule has 1 unspecified atom stereocenters. The summed E-state index contributed by atoms with van der Waals surface area (Å²) in [5, 5.41) is 1.25. The maximum absolute atomic E-state index is 12.8. The van der Waals surface area contributed by atoms with Crippen molar-refractivity contribution in [2.24, 2.45) is 0 Å². The molecule has 3 nitrogen and oxygen atoms in total. The van der Waals surface area contributed by atoms with Gasteiger partial charge in [0.15, 0.2) is 0 Å². The molecule has 25 heavy (non-hydrogen) atoms. The molecule has 1 aromatic carbocycles. The van der Waals surface area contributed by atoms with Gasteiger partial charge in [-0.25, -0.2) is 0 Å². The van der Waals surface area contributed by atoms with Gasteiger partial charge in [-0.2, -0.15) is 0 Å². The number of hydrogen-bond acceptors (Lipinski definition) is 1. The number of aromatic nitrogens is 1. The van der Waals surface area contributed by atoms with Crippen LogP contribution in [0.25, 0.3) is 10.9 Å². The third-order valence-corrected chi connectivity index (χ3v) is 5.62. The van der Waals surface area contributed by atoms with Crippen LogP contribution in [0, 0.1) is 0 Å². The van der Waals surface area contributed by atoms with E-state index in [1.54, 1.807) is 0 Å². The molecule has 1 aliphatic rings. The summed E-state index contributed by atoms with van der Waals surface area (Å²) in [5.41, 5.74) is 2.43. The monoisotopic (exact) mass is 340 g/mol. The molecule has 0 aliphatic carbocycles. The molecular weight excluding hydrogens is 308 g/mol. The molecule has 136 valence electrons. The highest BCUT2D eigenvalue weighted by Gasteiger charge is 2.25. The maximum atomic E-state index is 12.8. The lowest BCUT2D eigenvalue weighted by Gasteiger charge is -2.36. The number of amides is 1. The Hall–Kier alpha value is -1.77. The lowest BCUT2D eigenvalue weighted by Crippen LogP contribution is -2.43. The molecule has 3 heteroatoms. The lowest BCUT2D eigenvalue weighted by molar-refractivity contribution is -0.135. The molecule has 0 radical (unpaired) electrons. The lowest BCUT2D eigenvalue weighted by atomic mass is 9.95. The van der Waals surface area contributed by atoms with Gasteiger partial charge in [0.1, 0.15) is 0 Å². The van der Waals surface area contributed by atoms with E-state index in [4.69, 9.17) is 0 Å². The van der Waals surface area contributed by atoms with Gasteiger partial charge in [0.2, 0.25) is 5.91 Å². The number of unbranched alkanes of at least 4 members (excludes halogenated alkanes) is 3. The number of carbonyl (C=O) groups is 1. The van der Waals surface area contributed by atoms with E-state index in [1.807, 2.05) is 6.07 Å². The van der Waals surface area contributed by atoms with Crippen LogP contribution < -0.4 is 0 Å². The molecule has 1 aliphatic heterocycles. The third kappa shape index (κ3) is 4.65. The fraction of sp³-hybridized carbons (Fsp3) is 0.591. The highest BCUT2D eigenvalue weighted by molar-refractivity contribution is 5.84. The number of likely N-dealkylation sites (tertiary alicyclic amines) is 1. The number of hydrogen-bond donors (Lipinski definition) is 1. The minimum atomic E-state index is 0.352. The normalized spacial score (nSPS) is 18.0. The van der Waals surface area contributed by atoms with Gasteiger partial charge >= 0.3 is 0 Å². The van der Waals surface area contributed by atoms with E-state index < -0.39 is 0 Å². The number of carbonyl (C=O) groups excluding carboxylic acids is 1. The van der Waals surface area contributed by atoms with Crippen molar-refractivity contribution in [1.82, 2.24) is 9.88 Å². The Labute approximate surface area is 151 Å². The summed E-state index contributed by atoms with van der Waals surface area (Å²) in [4.78, 5) is 18.4. The van der Waals surface area contributed by atoms with Gasteiger partial charge in [0, 0.05) is 36.1 Å². The Morgan fingerprint density at radius 3 is 2.96 bits per heavy atom. The average Bonchev–Trinajstić information content (AvgIpc) is 3.07. The van der Waals surface area contributed by atoms with Crippen molar-refractivity contribution in [3.05, 3.63) is 36.0 Å². The molecule has 1 N–H and O–H groups in total. The van der Waals surface area contributed by atoms with Crippen molar-refractivity contribution < 1.29 is 4.79 Å². The Kier molecular flexibility index (Phi) is 6.55. The van der Waals surface area contributed by atoms with E-state index >= 15 is 0 Å². The fourth-order valence-electron chi connectivity index (χ4n) is 4.16. The minimum absolute atomic E-state index is 0.352. The third-order valence-electron chi connectivity index (χ3n) is 5.62. The van der Waals surface area contributed by atoms with Crippen LogP contribution in [0.3, 0.4) is 0 Å². The smallest absolute Gasteiger partial charge is 0.223 e. The van der Waals surface area contributed by atoms with Gasteiger partial charge in [-0.15, -0.1) is 0 Å². The van der Waals surface area contributed by atoms with E-state index in [-0.39, 0.29) is 0 Å². The number of aromatic amines is 1. The van der Waals surface area contributed by atoms with Crippen LogP contribution >= 0.6 is 0 Å². The highest BCUT2D eigenvalue weighted by Crippen LogP contribution is 2.24. The number of rotatable bonds is 8. The zero-order valence-corrected chi connectivity index (χ0v) is 15.6. The molecule has 1 saturated heterocycles. The topological polar surface area (TPSA) is 36.1 Å². The first-order valence-electron chi connectivity index (χ1n) is 10.1. The first kappa shape index (κ1) is 18.0. The van der Waals surface area contributed by atoms with E-state index in [0.29, 0.717) is 18.4 Å². The number of nitrogens with one attached hydrogen (secondary N) is 1. The zero-order chi connectivity index (χ0) is 17.5. The van der Waals surface area contributed by atoms with Crippen molar-refractivity contribution >= 4 is 16.8 Å². The van der Waals surface area contributed by atoms with Gasteiger partial charge in [-0.1, -0.05) is 50.8 Å². The molecule has 1 aromatic heterocycles. The molecule has 2 heterocycles. The van der Waals surface area contributed by atoms with Crippen molar-refractivity contribution in [2.75, 3.05) is 6.54 Å². The van der Waals surface area contributed by atoms with E-state index in [9.17, 15) is 4.79 Å². The van der Waals surface area contributed by atoms with Crippen molar-refractivity contribution in [2.45, 2.75) is 77.2 Å². The summed E-state index contributed by atoms with van der Waals surface area (Å²) in [6.07, 6.45) is 13.6. The van der Waals surface area contributed by atoms with Crippen LogP contribution in [0.1, 0.15) is 70.3 Å². The largest absolute Gasteiger partial charge is 0.361 e. The molecule has 1 amide bonds. The average molecular weight is 341 g/mol. The molecule has 0 bridgehead atoms. The predicted octanol–water partition coefficient (Wildman–Crippen LogP) is 5.45. The second-order valence-electron chi connectivity index (χ2n) is 7.45. The van der Waals surface area contributed by atoms with Crippen LogP contribution in [-0.2, 0) is 11.2 Å². The molecule has 0 spiro atoms. The summed E-state index contributed by atoms with van der Waals surface area (Å²) >= 11 is 0. The summed E-state index contributed by atoms with van der Waals surface area (Å²) < 4.78 is 0. The Bertz CT molecular complexity index is 675. The Morgan fingerprint density at radius 1 is 1.20 bits per heavy atom. The highest BCUT2D eigenvalue weighted by atomic mass is 16.2. The first-order valence-corrected chi connectivity index (χ1v) is 10.1. The molecule has 2 aromatic rings. The fourth-order valence-corrected chi connectivity index (χ4v) is 4.16. The van der Waals surface area contributed by atoms with Gasteiger partial charge in [0.25, 0.3) is 0 Å². The summed E-state index contributed by atoms with van der Waals surface area (Å²) in [6, 6.07) is 8.84. The first-order chi connectivity index (χ1) is 12.3. The van der Waals surface area contributed by atoms with Gasteiger partial charge in [-0.3, -0.25) is 4.79 Å². The van der Waals surface area contributed by atoms with E-state index in [1.165, 1.54) is 62.3 Å². The van der Waals surface area contributed by atoms with Gasteiger partial charge in [-0.05, 0) is 43.7 Å². The molecule has 1 atom stereocenters. The van der Waals surface area contributed by atoms with Crippen LogP contribution in [-0.4, -0.2) is 28.4 Å². The number of fused-ring (bicyclic) bond motifs is 1. The zero-order valence-electron chi connectivity index (χ0n) is 15.6. The number of nitrogens with zero attached hydrogens (tertiary/aromatic N) is 1.